The van der Waals surface area contributed by atoms with Crippen molar-refractivity contribution in [1.82, 2.24) is 9.88 Å². The van der Waals surface area contributed by atoms with Crippen molar-refractivity contribution in [3.63, 3.8) is 0 Å². The Morgan fingerprint density at radius 1 is 1.24 bits per heavy atom. The van der Waals surface area contributed by atoms with Gasteiger partial charge in [0, 0.05) is 45.0 Å². The summed E-state index contributed by atoms with van der Waals surface area (Å²) >= 11 is 0. The molecule has 2 heterocycles. The lowest BCUT2D eigenvalue weighted by atomic mass is 9.81. The Kier molecular flexibility index (Phi) is 10.2. The number of aromatic nitrogens is 1. The maximum Gasteiger partial charge on any atom is 0.230 e. The second kappa shape index (κ2) is 10.7. The molecule has 2 N–H and O–H groups in total. The molecule has 1 saturated heterocycles. The van der Waals surface area contributed by atoms with Crippen LogP contribution in [0.3, 0.4) is 0 Å². The van der Waals surface area contributed by atoms with Crippen LogP contribution in [0, 0.1) is 5.41 Å². The highest BCUT2D eigenvalue weighted by atomic mass is 35.5. The van der Waals surface area contributed by atoms with Gasteiger partial charge in [0.2, 0.25) is 5.91 Å². The van der Waals surface area contributed by atoms with E-state index in [2.05, 4.69) is 9.88 Å². The van der Waals surface area contributed by atoms with Gasteiger partial charge in [0.25, 0.3) is 0 Å². The molecule has 0 bridgehead atoms. The van der Waals surface area contributed by atoms with E-state index >= 15 is 0 Å². The smallest absolute Gasteiger partial charge is 0.230 e. The summed E-state index contributed by atoms with van der Waals surface area (Å²) in [6, 6.07) is 3.77. The number of anilines is 1. The number of amides is 1. The van der Waals surface area contributed by atoms with Crippen LogP contribution in [-0.2, 0) is 4.79 Å². The minimum atomic E-state index is -0.406. The molecule has 2 rings (SSSR count). The minimum Gasteiger partial charge on any atom is -0.497 e. The van der Waals surface area contributed by atoms with E-state index in [1.54, 1.807) is 13.3 Å². The second-order valence-corrected chi connectivity index (χ2v) is 6.02. The van der Waals surface area contributed by atoms with Crippen LogP contribution < -0.4 is 15.4 Å². The van der Waals surface area contributed by atoms with Gasteiger partial charge in [-0.15, -0.1) is 24.8 Å². The summed E-state index contributed by atoms with van der Waals surface area (Å²) in [5, 5.41) is 0. The van der Waals surface area contributed by atoms with Crippen molar-refractivity contribution < 1.29 is 9.53 Å². The number of rotatable bonds is 6. The average Bonchev–Trinajstić information content (AvgIpc) is 2.63. The zero-order valence-corrected chi connectivity index (χ0v) is 16.9. The molecule has 0 radical (unpaired) electrons. The molecule has 0 aliphatic carbocycles. The third-order valence-corrected chi connectivity index (χ3v) is 5.04. The first-order chi connectivity index (χ1) is 11.1. The van der Waals surface area contributed by atoms with Crippen LogP contribution in [0.4, 0.5) is 5.82 Å². The van der Waals surface area contributed by atoms with Crippen molar-refractivity contribution in [2.45, 2.75) is 26.7 Å². The van der Waals surface area contributed by atoms with Crippen molar-refractivity contribution in [3.05, 3.63) is 18.3 Å². The predicted molar refractivity (Wildman–Crippen MR) is 106 cm³/mol. The molecule has 25 heavy (non-hydrogen) atoms. The predicted octanol–water partition coefficient (Wildman–Crippen LogP) is 2.35. The standard InChI is InChI=1S/C17H28N4O2.2ClH/c1-4-17(5-2,13-18)16(22)21-10-8-20(9-11-21)15-12-14(23-3)6-7-19-15;;/h6-7,12H,4-5,8-11,13,18H2,1-3H3;2*1H. The molecular weight excluding hydrogens is 363 g/mol. The van der Waals surface area contributed by atoms with E-state index < -0.39 is 5.41 Å². The molecule has 0 spiro atoms. The number of nitrogens with two attached hydrogens (primary N) is 1. The number of pyridine rings is 1. The largest absolute Gasteiger partial charge is 0.497 e. The van der Waals surface area contributed by atoms with Crippen LogP contribution in [0.2, 0.25) is 0 Å². The third-order valence-electron chi connectivity index (χ3n) is 5.04. The lowest BCUT2D eigenvalue weighted by molar-refractivity contribution is -0.142. The molecule has 1 aromatic heterocycles. The number of carbonyl (C=O) groups excluding carboxylic acids is 1. The summed E-state index contributed by atoms with van der Waals surface area (Å²) in [7, 11) is 1.65. The molecule has 8 heteroatoms. The van der Waals surface area contributed by atoms with E-state index in [1.165, 1.54) is 0 Å². The molecule has 0 aromatic carbocycles. The lowest BCUT2D eigenvalue weighted by Crippen LogP contribution is -2.55. The molecule has 0 saturated carbocycles. The number of nitrogens with zero attached hydrogens (tertiary/aromatic N) is 3. The van der Waals surface area contributed by atoms with Crippen LogP contribution in [0.15, 0.2) is 18.3 Å². The highest BCUT2D eigenvalue weighted by Gasteiger charge is 2.37. The highest BCUT2D eigenvalue weighted by molar-refractivity contribution is 5.85. The fraction of sp³-hybridized carbons (Fsp3) is 0.647. The first-order valence-electron chi connectivity index (χ1n) is 8.34. The zero-order chi connectivity index (χ0) is 16.9. The number of carbonyl (C=O) groups is 1. The fourth-order valence-corrected chi connectivity index (χ4v) is 3.10. The van der Waals surface area contributed by atoms with E-state index in [0.29, 0.717) is 19.6 Å². The van der Waals surface area contributed by atoms with E-state index in [-0.39, 0.29) is 30.7 Å². The van der Waals surface area contributed by atoms with Crippen LogP contribution in [0.5, 0.6) is 5.75 Å². The van der Waals surface area contributed by atoms with Crippen LogP contribution in [-0.4, -0.2) is 55.6 Å². The van der Waals surface area contributed by atoms with Crippen LogP contribution >= 0.6 is 24.8 Å². The van der Waals surface area contributed by atoms with E-state index in [1.807, 2.05) is 30.9 Å². The lowest BCUT2D eigenvalue weighted by Gasteiger charge is -2.40. The molecule has 1 fully saturated rings. The third kappa shape index (κ3) is 5.12. The summed E-state index contributed by atoms with van der Waals surface area (Å²) in [6.45, 7) is 7.48. The molecule has 6 nitrogen and oxygen atoms in total. The number of ether oxygens (including phenoxy) is 1. The van der Waals surface area contributed by atoms with Gasteiger partial charge in [-0.3, -0.25) is 4.79 Å². The van der Waals surface area contributed by atoms with Crippen molar-refractivity contribution in [2.24, 2.45) is 11.1 Å². The topological polar surface area (TPSA) is 71.7 Å². The summed E-state index contributed by atoms with van der Waals surface area (Å²) < 4.78 is 5.25. The Morgan fingerprint density at radius 3 is 2.32 bits per heavy atom. The fourth-order valence-electron chi connectivity index (χ4n) is 3.10. The van der Waals surface area contributed by atoms with Crippen molar-refractivity contribution in [3.8, 4) is 5.75 Å². The first-order valence-corrected chi connectivity index (χ1v) is 8.34. The SMILES string of the molecule is CCC(CC)(CN)C(=O)N1CCN(c2cc(OC)ccn2)CC1.Cl.Cl. The Hall–Kier alpha value is -1.24. The van der Waals surface area contributed by atoms with Crippen molar-refractivity contribution in [2.75, 3.05) is 44.7 Å². The Labute approximate surface area is 162 Å². The normalized spacial score (nSPS) is 14.4. The Bertz CT molecular complexity index is 525. The van der Waals surface area contributed by atoms with Crippen molar-refractivity contribution in [1.29, 1.82) is 0 Å². The summed E-state index contributed by atoms with van der Waals surface area (Å²) in [4.78, 5) is 21.4. The van der Waals surface area contributed by atoms with Gasteiger partial charge in [0.05, 0.1) is 12.5 Å². The number of hydrogen-bond acceptors (Lipinski definition) is 5. The maximum atomic E-state index is 12.8. The van der Waals surface area contributed by atoms with Gasteiger partial charge in [-0.05, 0) is 18.9 Å². The van der Waals surface area contributed by atoms with Crippen LogP contribution in [0.25, 0.3) is 0 Å². The van der Waals surface area contributed by atoms with Gasteiger partial charge >= 0.3 is 0 Å². The van der Waals surface area contributed by atoms with E-state index in [9.17, 15) is 4.79 Å². The number of piperazine rings is 1. The van der Waals surface area contributed by atoms with E-state index in [4.69, 9.17) is 10.5 Å². The number of methoxy groups -OCH3 is 1. The first kappa shape index (κ1) is 23.8. The summed E-state index contributed by atoms with van der Waals surface area (Å²) in [5.41, 5.74) is 5.50. The molecule has 0 atom stereocenters. The number of halogens is 2. The molecule has 1 aromatic rings. The zero-order valence-electron chi connectivity index (χ0n) is 15.2. The highest BCUT2D eigenvalue weighted by Crippen LogP contribution is 2.29. The second-order valence-electron chi connectivity index (χ2n) is 6.02. The molecular formula is C17H30Cl2N4O2. The quantitative estimate of drug-likeness (QED) is 0.803. The molecule has 1 aliphatic rings. The molecule has 144 valence electrons. The maximum absolute atomic E-state index is 12.8. The molecule has 0 unspecified atom stereocenters. The monoisotopic (exact) mass is 392 g/mol. The average molecular weight is 393 g/mol. The number of hydrogen-bond donors (Lipinski definition) is 1. The van der Waals surface area contributed by atoms with Gasteiger partial charge < -0.3 is 20.3 Å². The van der Waals surface area contributed by atoms with Gasteiger partial charge in [-0.25, -0.2) is 4.98 Å². The molecule has 1 aliphatic heterocycles. The van der Waals surface area contributed by atoms with Crippen molar-refractivity contribution >= 4 is 36.5 Å². The van der Waals surface area contributed by atoms with E-state index in [0.717, 1.165) is 37.5 Å². The van der Waals surface area contributed by atoms with Gasteiger partial charge in [-0.2, -0.15) is 0 Å². The van der Waals surface area contributed by atoms with Crippen LogP contribution in [0.1, 0.15) is 26.7 Å². The van der Waals surface area contributed by atoms with Gasteiger partial charge in [0.15, 0.2) is 0 Å². The van der Waals surface area contributed by atoms with Gasteiger partial charge in [-0.1, -0.05) is 13.8 Å². The summed E-state index contributed by atoms with van der Waals surface area (Å²) in [6.07, 6.45) is 3.33. The molecule has 1 amide bonds. The minimum absolute atomic E-state index is 0. The summed E-state index contributed by atoms with van der Waals surface area (Å²) in [5.74, 6) is 1.89. The Morgan fingerprint density at radius 2 is 1.84 bits per heavy atom. The van der Waals surface area contributed by atoms with Gasteiger partial charge in [0.1, 0.15) is 11.6 Å². The Balaban J connectivity index is 0.00000288.